The van der Waals surface area contributed by atoms with Crippen molar-refractivity contribution in [2.75, 3.05) is 9.80 Å². The molecule has 2 atom stereocenters. The molecule has 0 radical (unpaired) electrons. The van der Waals surface area contributed by atoms with Gasteiger partial charge in [-0.25, -0.2) is 9.98 Å². The first-order valence-electron chi connectivity index (χ1n) is 13.0. The lowest BCUT2D eigenvalue weighted by atomic mass is 9.99. The summed E-state index contributed by atoms with van der Waals surface area (Å²) in [5.41, 5.74) is 6.56. The maximum Gasteiger partial charge on any atom is 0.174 e. The summed E-state index contributed by atoms with van der Waals surface area (Å²) < 4.78 is 0. The molecule has 0 saturated heterocycles. The van der Waals surface area contributed by atoms with E-state index in [0.29, 0.717) is 12.8 Å². The number of benzene rings is 4. The number of nitriles is 2. The van der Waals surface area contributed by atoms with Crippen molar-refractivity contribution in [2.24, 2.45) is 9.98 Å². The molecule has 0 N–H and O–H groups in total. The number of rotatable bonds is 2. The molecule has 40 heavy (non-hydrogen) atoms. The van der Waals surface area contributed by atoms with E-state index in [9.17, 15) is 10.5 Å². The Morgan fingerprint density at radius 1 is 0.575 bits per heavy atom. The Bertz CT molecular complexity index is 1650. The lowest BCUT2D eigenvalue weighted by molar-refractivity contribution is 0.725. The maximum absolute atomic E-state index is 9.19. The summed E-state index contributed by atoms with van der Waals surface area (Å²) >= 11 is 3.36. The molecule has 0 amide bonds. The summed E-state index contributed by atoms with van der Waals surface area (Å²) in [4.78, 5) is 16.3. The molecule has 4 aliphatic heterocycles. The first-order valence-corrected chi connectivity index (χ1v) is 14.6. The van der Waals surface area contributed by atoms with Gasteiger partial charge in [-0.1, -0.05) is 60.7 Å². The second-order valence-electron chi connectivity index (χ2n) is 9.54. The van der Waals surface area contributed by atoms with Crippen LogP contribution in [0.15, 0.2) is 117 Å². The zero-order valence-corrected chi connectivity index (χ0v) is 22.9. The zero-order valence-electron chi connectivity index (χ0n) is 21.3. The third kappa shape index (κ3) is 4.05. The number of thioether (sulfide) groups is 2. The van der Waals surface area contributed by atoms with Gasteiger partial charge >= 0.3 is 0 Å². The molecule has 8 rings (SSSR count). The molecule has 4 aromatic rings. The van der Waals surface area contributed by atoms with E-state index in [1.165, 1.54) is 9.79 Å². The minimum Gasteiger partial charge on any atom is -0.311 e. The average molecular weight is 555 g/mol. The van der Waals surface area contributed by atoms with Crippen LogP contribution in [0, 0.1) is 22.7 Å². The maximum atomic E-state index is 9.19. The first-order chi connectivity index (χ1) is 19.8. The van der Waals surface area contributed by atoms with E-state index in [2.05, 4.69) is 58.3 Å². The van der Waals surface area contributed by atoms with Crippen molar-refractivity contribution in [1.82, 2.24) is 0 Å². The molecule has 0 bridgehead atoms. The molecular weight excluding hydrogens is 533 g/mol. The van der Waals surface area contributed by atoms with E-state index in [1.54, 1.807) is 23.5 Å². The van der Waals surface area contributed by atoms with Gasteiger partial charge in [0.15, 0.2) is 10.3 Å². The zero-order chi connectivity index (χ0) is 27.1. The number of nitrogens with zero attached hydrogens (tertiary/aromatic N) is 6. The number of aliphatic imine (C=N–C) groups is 2. The molecular formula is C32H22N6S2. The lowest BCUT2D eigenvalue weighted by Crippen LogP contribution is -2.32. The van der Waals surface area contributed by atoms with Gasteiger partial charge in [0, 0.05) is 20.9 Å². The molecule has 192 valence electrons. The van der Waals surface area contributed by atoms with E-state index >= 15 is 0 Å². The van der Waals surface area contributed by atoms with Gasteiger partial charge in [0.2, 0.25) is 0 Å². The number of fused-ring (bicyclic) bond motifs is 8. The monoisotopic (exact) mass is 554 g/mol. The Labute approximate surface area is 241 Å². The molecule has 4 heterocycles. The molecule has 0 fully saturated rings. The summed E-state index contributed by atoms with van der Waals surface area (Å²) in [6.45, 7) is 0. The minimum atomic E-state index is 0.0554. The van der Waals surface area contributed by atoms with Crippen molar-refractivity contribution in [2.45, 2.75) is 34.7 Å². The Morgan fingerprint density at radius 3 is 1.43 bits per heavy atom. The van der Waals surface area contributed by atoms with Gasteiger partial charge in [-0.3, -0.25) is 0 Å². The fourth-order valence-corrected chi connectivity index (χ4v) is 7.71. The predicted octanol–water partition coefficient (Wildman–Crippen LogP) is 8.51. The van der Waals surface area contributed by atoms with Crippen molar-refractivity contribution in [3.63, 3.8) is 0 Å². The van der Waals surface area contributed by atoms with Gasteiger partial charge < -0.3 is 9.80 Å². The number of para-hydroxylation sites is 4. The summed E-state index contributed by atoms with van der Waals surface area (Å²) in [5.74, 6) is 0. The quantitative estimate of drug-likeness (QED) is 0.247. The highest BCUT2D eigenvalue weighted by Crippen LogP contribution is 2.51. The topological polar surface area (TPSA) is 78.8 Å². The molecule has 4 aliphatic rings. The largest absolute Gasteiger partial charge is 0.311 e. The standard InChI is InChI=1S/2C16H11N3S/c2*17-10-9-13-11-5-1-2-6-12(11)18-16-19(13)14-7-3-4-8-15(14)20-16/h2*1-8,13H,9H2/t2*13-/m00/s1. The van der Waals surface area contributed by atoms with Crippen LogP contribution in [-0.2, 0) is 0 Å². The van der Waals surface area contributed by atoms with Gasteiger partial charge in [0.25, 0.3) is 0 Å². The third-order valence-corrected chi connectivity index (χ3v) is 9.35. The van der Waals surface area contributed by atoms with Crippen molar-refractivity contribution < 1.29 is 0 Å². The molecule has 4 aromatic carbocycles. The predicted molar refractivity (Wildman–Crippen MR) is 163 cm³/mol. The second kappa shape index (κ2) is 10.2. The summed E-state index contributed by atoms with van der Waals surface area (Å²) in [5, 5.41) is 20.3. The van der Waals surface area contributed by atoms with Gasteiger partial charge in [0.05, 0.1) is 59.8 Å². The van der Waals surface area contributed by atoms with E-state index in [1.807, 2.05) is 60.7 Å². The SMILES string of the molecule is N#CC[C@H]1c2ccccc2N=C2Sc3ccccc3N21.N#CC[C@H]1c2ccccc2N=C2Sc3ccccc3N21. The van der Waals surface area contributed by atoms with Gasteiger partial charge in [-0.2, -0.15) is 10.5 Å². The Balaban J connectivity index is 0.000000132. The van der Waals surface area contributed by atoms with Crippen LogP contribution in [0.25, 0.3) is 0 Å². The van der Waals surface area contributed by atoms with Gasteiger partial charge in [0.1, 0.15) is 0 Å². The van der Waals surface area contributed by atoms with Crippen molar-refractivity contribution in [3.8, 4) is 12.1 Å². The molecule has 0 aliphatic carbocycles. The number of anilines is 2. The van der Waals surface area contributed by atoms with E-state index < -0.39 is 0 Å². The summed E-state index contributed by atoms with van der Waals surface area (Å²) in [6, 6.07) is 37.5. The smallest absolute Gasteiger partial charge is 0.174 e. The minimum absolute atomic E-state index is 0.0554. The first kappa shape index (κ1) is 24.5. The van der Waals surface area contributed by atoms with E-state index in [-0.39, 0.29) is 12.1 Å². The van der Waals surface area contributed by atoms with Crippen molar-refractivity contribution in [1.29, 1.82) is 10.5 Å². The van der Waals surface area contributed by atoms with E-state index in [0.717, 1.165) is 44.2 Å². The summed E-state index contributed by atoms with van der Waals surface area (Å²) in [6.07, 6.45) is 0.926. The van der Waals surface area contributed by atoms with Crippen LogP contribution < -0.4 is 9.80 Å². The lowest BCUT2D eigenvalue weighted by Gasteiger charge is -2.32. The van der Waals surface area contributed by atoms with Crippen LogP contribution in [0.1, 0.15) is 36.1 Å². The van der Waals surface area contributed by atoms with Crippen LogP contribution in [0.5, 0.6) is 0 Å². The Hall–Kier alpha value is -4.50. The van der Waals surface area contributed by atoms with Crippen LogP contribution in [-0.4, -0.2) is 10.3 Å². The Morgan fingerprint density at radius 2 is 0.975 bits per heavy atom. The highest BCUT2D eigenvalue weighted by Gasteiger charge is 2.38. The van der Waals surface area contributed by atoms with Gasteiger partial charge in [-0.05, 0) is 59.9 Å². The normalized spacial score (nSPS) is 18.6. The fraction of sp³-hybridized carbons (Fsp3) is 0.125. The van der Waals surface area contributed by atoms with Crippen LogP contribution in [0.4, 0.5) is 22.7 Å². The summed E-state index contributed by atoms with van der Waals surface area (Å²) in [7, 11) is 0. The Kier molecular flexibility index (Phi) is 6.28. The third-order valence-electron chi connectivity index (χ3n) is 7.28. The van der Waals surface area contributed by atoms with Crippen molar-refractivity contribution in [3.05, 3.63) is 108 Å². The highest BCUT2D eigenvalue weighted by atomic mass is 32.2. The average Bonchev–Trinajstić information content (AvgIpc) is 3.55. The number of hydrogen-bond donors (Lipinski definition) is 0. The molecule has 0 unspecified atom stereocenters. The second-order valence-corrected chi connectivity index (χ2v) is 11.6. The molecule has 0 saturated carbocycles. The van der Waals surface area contributed by atoms with Crippen LogP contribution >= 0.6 is 23.5 Å². The van der Waals surface area contributed by atoms with Crippen LogP contribution in [0.3, 0.4) is 0 Å². The molecule has 0 spiro atoms. The highest BCUT2D eigenvalue weighted by molar-refractivity contribution is 8.15. The van der Waals surface area contributed by atoms with Crippen LogP contribution in [0.2, 0.25) is 0 Å². The van der Waals surface area contributed by atoms with Gasteiger partial charge in [-0.15, -0.1) is 0 Å². The van der Waals surface area contributed by atoms with Crippen molar-refractivity contribution >= 4 is 56.6 Å². The van der Waals surface area contributed by atoms with E-state index in [4.69, 9.17) is 9.98 Å². The fourth-order valence-electron chi connectivity index (χ4n) is 5.54. The molecule has 6 nitrogen and oxygen atoms in total. The molecule has 0 aromatic heterocycles. The molecule has 8 heteroatoms. The number of hydrogen-bond acceptors (Lipinski definition) is 8. The number of amidine groups is 2.